The van der Waals surface area contributed by atoms with Crippen LogP contribution in [0.5, 0.6) is 0 Å². The number of nitrogens with one attached hydrogen (secondary N) is 2. The predicted octanol–water partition coefficient (Wildman–Crippen LogP) is 2.61. The fraction of sp³-hybridized carbons (Fsp3) is 0.300. The average Bonchev–Trinajstić information content (AvgIpc) is 2.62. The molecule has 7 nitrogen and oxygen atoms in total. The molecule has 0 unspecified atom stereocenters. The molecule has 1 aromatic carbocycles. The SMILES string of the molecule is CCOC(=O)c1cccc(NC(=O)CCc2c(C)[nH]c(=O)c(C#N)c2C)c1. The number of carbonyl (C=O) groups excluding carboxylic acids is 2. The molecule has 2 rings (SSSR count). The maximum atomic E-state index is 12.3. The lowest BCUT2D eigenvalue weighted by atomic mass is 9.99. The highest BCUT2D eigenvalue weighted by molar-refractivity contribution is 5.94. The van der Waals surface area contributed by atoms with Gasteiger partial charge in [-0.3, -0.25) is 9.59 Å². The number of aromatic amines is 1. The maximum Gasteiger partial charge on any atom is 0.338 e. The molecule has 0 saturated heterocycles. The molecule has 2 N–H and O–H groups in total. The summed E-state index contributed by atoms with van der Waals surface area (Å²) in [6, 6.07) is 8.42. The Morgan fingerprint density at radius 3 is 2.70 bits per heavy atom. The molecule has 0 spiro atoms. The van der Waals surface area contributed by atoms with Crippen molar-refractivity contribution in [2.45, 2.75) is 33.6 Å². The summed E-state index contributed by atoms with van der Waals surface area (Å²) < 4.78 is 4.94. The number of H-pyrrole nitrogens is 1. The second-order valence-corrected chi connectivity index (χ2v) is 6.02. The van der Waals surface area contributed by atoms with Crippen molar-refractivity contribution in [2.24, 2.45) is 0 Å². The number of aryl methyl sites for hydroxylation is 1. The minimum atomic E-state index is -0.447. The van der Waals surface area contributed by atoms with E-state index in [0.29, 0.717) is 28.9 Å². The molecule has 0 atom stereocenters. The van der Waals surface area contributed by atoms with Gasteiger partial charge in [-0.25, -0.2) is 4.79 Å². The van der Waals surface area contributed by atoms with Crippen LogP contribution in [0, 0.1) is 25.2 Å². The third-order valence-electron chi connectivity index (χ3n) is 4.18. The Kier molecular flexibility index (Phi) is 6.50. The first-order valence-electron chi connectivity index (χ1n) is 8.56. The zero-order chi connectivity index (χ0) is 20.0. The quantitative estimate of drug-likeness (QED) is 0.762. The Hall–Kier alpha value is -3.40. The summed E-state index contributed by atoms with van der Waals surface area (Å²) in [7, 11) is 0. The Morgan fingerprint density at radius 2 is 2.04 bits per heavy atom. The molecule has 0 radical (unpaired) electrons. The van der Waals surface area contributed by atoms with E-state index < -0.39 is 11.5 Å². The van der Waals surface area contributed by atoms with Crippen LogP contribution in [0.15, 0.2) is 29.1 Å². The maximum absolute atomic E-state index is 12.3. The van der Waals surface area contributed by atoms with Gasteiger partial charge >= 0.3 is 5.97 Å². The van der Waals surface area contributed by atoms with Gasteiger partial charge in [0, 0.05) is 17.8 Å². The third-order valence-corrected chi connectivity index (χ3v) is 4.18. The minimum Gasteiger partial charge on any atom is -0.462 e. The lowest BCUT2D eigenvalue weighted by Gasteiger charge is -2.11. The van der Waals surface area contributed by atoms with E-state index in [2.05, 4.69) is 10.3 Å². The van der Waals surface area contributed by atoms with E-state index in [9.17, 15) is 14.4 Å². The molecule has 1 amide bonds. The molecule has 140 valence electrons. The van der Waals surface area contributed by atoms with E-state index in [1.807, 2.05) is 6.07 Å². The van der Waals surface area contributed by atoms with Crippen molar-refractivity contribution in [3.63, 3.8) is 0 Å². The number of benzene rings is 1. The number of carbonyl (C=O) groups is 2. The van der Waals surface area contributed by atoms with Crippen LogP contribution < -0.4 is 10.9 Å². The van der Waals surface area contributed by atoms with Crippen molar-refractivity contribution in [2.75, 3.05) is 11.9 Å². The number of nitrogens with zero attached hydrogens (tertiary/aromatic N) is 1. The van der Waals surface area contributed by atoms with Crippen LogP contribution in [0.4, 0.5) is 5.69 Å². The highest BCUT2D eigenvalue weighted by Crippen LogP contribution is 2.16. The van der Waals surface area contributed by atoms with E-state index in [1.165, 1.54) is 0 Å². The molecule has 27 heavy (non-hydrogen) atoms. The van der Waals surface area contributed by atoms with Gasteiger partial charge in [0.1, 0.15) is 11.6 Å². The number of amides is 1. The summed E-state index contributed by atoms with van der Waals surface area (Å²) in [6.45, 7) is 5.45. The van der Waals surface area contributed by atoms with E-state index in [1.54, 1.807) is 45.0 Å². The van der Waals surface area contributed by atoms with Gasteiger partial charge < -0.3 is 15.0 Å². The van der Waals surface area contributed by atoms with Crippen molar-refractivity contribution >= 4 is 17.6 Å². The molecule has 0 aliphatic rings. The first-order valence-corrected chi connectivity index (χ1v) is 8.56. The van der Waals surface area contributed by atoms with Gasteiger partial charge in [0.25, 0.3) is 5.56 Å². The fourth-order valence-electron chi connectivity index (χ4n) is 2.82. The van der Waals surface area contributed by atoms with Gasteiger partial charge in [-0.15, -0.1) is 0 Å². The number of anilines is 1. The molecule has 0 saturated carbocycles. The molecule has 2 aromatic rings. The molecule has 7 heteroatoms. The summed E-state index contributed by atoms with van der Waals surface area (Å²) >= 11 is 0. The molecule has 0 fully saturated rings. The molecular formula is C20H21N3O4. The Morgan fingerprint density at radius 1 is 1.30 bits per heavy atom. The Labute approximate surface area is 157 Å². The highest BCUT2D eigenvalue weighted by Gasteiger charge is 2.14. The van der Waals surface area contributed by atoms with Crippen LogP contribution in [0.3, 0.4) is 0 Å². The van der Waals surface area contributed by atoms with Crippen molar-refractivity contribution in [3.8, 4) is 6.07 Å². The van der Waals surface area contributed by atoms with Crippen LogP contribution >= 0.6 is 0 Å². The van der Waals surface area contributed by atoms with Crippen molar-refractivity contribution in [1.29, 1.82) is 5.26 Å². The van der Waals surface area contributed by atoms with Crippen LogP contribution in [0.25, 0.3) is 0 Å². The highest BCUT2D eigenvalue weighted by atomic mass is 16.5. The van der Waals surface area contributed by atoms with Gasteiger partial charge in [0.05, 0.1) is 12.2 Å². The number of nitriles is 1. The average molecular weight is 367 g/mol. The van der Waals surface area contributed by atoms with Crippen molar-refractivity contribution in [3.05, 3.63) is 62.6 Å². The molecule has 1 aromatic heterocycles. The second-order valence-electron chi connectivity index (χ2n) is 6.02. The topological polar surface area (TPSA) is 112 Å². The number of aromatic nitrogens is 1. The van der Waals surface area contributed by atoms with Gasteiger partial charge in [0.15, 0.2) is 0 Å². The number of pyridine rings is 1. The number of rotatable bonds is 6. The normalized spacial score (nSPS) is 10.1. The molecule has 0 bridgehead atoms. The lowest BCUT2D eigenvalue weighted by Crippen LogP contribution is -2.18. The predicted molar refractivity (Wildman–Crippen MR) is 101 cm³/mol. The number of hydrogen-bond donors (Lipinski definition) is 2. The number of hydrogen-bond acceptors (Lipinski definition) is 5. The van der Waals surface area contributed by atoms with Crippen LogP contribution in [-0.2, 0) is 16.0 Å². The zero-order valence-corrected chi connectivity index (χ0v) is 15.5. The van der Waals surface area contributed by atoms with Gasteiger partial charge in [-0.2, -0.15) is 5.26 Å². The molecule has 0 aliphatic carbocycles. The lowest BCUT2D eigenvalue weighted by molar-refractivity contribution is -0.116. The van der Waals surface area contributed by atoms with Crippen LogP contribution in [0.2, 0.25) is 0 Å². The van der Waals surface area contributed by atoms with Gasteiger partial charge in [-0.1, -0.05) is 6.07 Å². The zero-order valence-electron chi connectivity index (χ0n) is 15.5. The van der Waals surface area contributed by atoms with E-state index in [-0.39, 0.29) is 24.5 Å². The van der Waals surface area contributed by atoms with Gasteiger partial charge in [-0.05, 0) is 56.5 Å². The second kappa shape index (κ2) is 8.81. The summed E-state index contributed by atoms with van der Waals surface area (Å²) in [4.78, 5) is 38.4. The largest absolute Gasteiger partial charge is 0.462 e. The first-order chi connectivity index (χ1) is 12.9. The van der Waals surface area contributed by atoms with Crippen molar-refractivity contribution < 1.29 is 14.3 Å². The number of esters is 1. The monoisotopic (exact) mass is 367 g/mol. The smallest absolute Gasteiger partial charge is 0.338 e. The van der Waals surface area contributed by atoms with Crippen LogP contribution in [0.1, 0.15) is 46.1 Å². The summed E-state index contributed by atoms with van der Waals surface area (Å²) in [5, 5.41) is 11.9. The Bertz CT molecular complexity index is 970. The van der Waals surface area contributed by atoms with E-state index in [4.69, 9.17) is 10.00 Å². The fourth-order valence-corrected chi connectivity index (χ4v) is 2.82. The summed E-state index contributed by atoms with van der Waals surface area (Å²) in [5.74, 6) is -0.684. The Balaban J connectivity index is 2.08. The first kappa shape index (κ1) is 19.9. The minimum absolute atomic E-state index is 0.0677. The van der Waals surface area contributed by atoms with Crippen LogP contribution in [-0.4, -0.2) is 23.5 Å². The number of ether oxygens (including phenoxy) is 1. The summed E-state index contributed by atoms with van der Waals surface area (Å²) in [5.41, 5.74) is 2.53. The van der Waals surface area contributed by atoms with E-state index in [0.717, 1.165) is 5.56 Å². The van der Waals surface area contributed by atoms with E-state index >= 15 is 0 Å². The third kappa shape index (κ3) is 4.82. The summed E-state index contributed by atoms with van der Waals surface area (Å²) in [6.07, 6.45) is 0.550. The van der Waals surface area contributed by atoms with Crippen molar-refractivity contribution in [1.82, 2.24) is 4.98 Å². The van der Waals surface area contributed by atoms with Gasteiger partial charge in [0.2, 0.25) is 5.91 Å². The molecule has 1 heterocycles. The molecule has 0 aliphatic heterocycles. The standard InChI is InChI=1S/C20H21N3O4/c1-4-27-20(26)14-6-5-7-15(10-14)23-18(24)9-8-16-12(2)17(11-21)19(25)22-13(16)3/h5-7,10H,4,8-9H2,1-3H3,(H,22,25)(H,23,24). The molecular weight excluding hydrogens is 346 g/mol.